The Kier molecular flexibility index (Phi) is 2.73. The predicted molar refractivity (Wildman–Crippen MR) is 69.0 cm³/mol. The van der Waals surface area contributed by atoms with Crippen LogP contribution in [0.25, 0.3) is 0 Å². The molecule has 1 aliphatic carbocycles. The number of hydrogen-bond acceptors (Lipinski definition) is 5. The first-order chi connectivity index (χ1) is 9.03. The third kappa shape index (κ3) is 1.97. The van der Waals surface area contributed by atoms with Crippen molar-refractivity contribution < 1.29 is 14.1 Å². The van der Waals surface area contributed by atoms with Crippen molar-refractivity contribution >= 4 is 17.9 Å². The molecule has 0 amide bonds. The first-order valence-electron chi connectivity index (χ1n) is 6.71. The lowest BCUT2D eigenvalue weighted by molar-refractivity contribution is -0.134. The predicted octanol–water partition coefficient (Wildman–Crippen LogP) is 1.78. The summed E-state index contributed by atoms with van der Waals surface area (Å²) in [5, 5.41) is 4.04. The molecule has 2 aliphatic rings. The van der Waals surface area contributed by atoms with Crippen LogP contribution >= 0.6 is 0 Å². The van der Waals surface area contributed by atoms with E-state index in [9.17, 15) is 9.59 Å². The molecule has 0 aromatic carbocycles. The highest BCUT2D eigenvalue weighted by molar-refractivity contribution is 5.87. The molecule has 5 heteroatoms. The molecular formula is C14H18N2O3. The lowest BCUT2D eigenvalue weighted by Crippen LogP contribution is -2.62. The van der Waals surface area contributed by atoms with Crippen LogP contribution in [0.5, 0.6) is 0 Å². The van der Waals surface area contributed by atoms with Crippen LogP contribution in [-0.2, 0) is 9.59 Å². The first-order valence-corrected chi connectivity index (χ1v) is 6.71. The summed E-state index contributed by atoms with van der Waals surface area (Å²) >= 11 is 0. The fraction of sp³-hybridized carbons (Fsp3) is 0.643. The van der Waals surface area contributed by atoms with Crippen molar-refractivity contribution in [2.75, 3.05) is 18.0 Å². The SMILES string of the molecule is CC(C)C(C=O)c1cc(N2CC3(CC(=O)C3)C2)no1. The minimum absolute atomic E-state index is 0.199. The van der Waals surface area contributed by atoms with Crippen molar-refractivity contribution in [2.24, 2.45) is 11.3 Å². The number of Topliss-reactive ketones (excluding diaryl/α,β-unsaturated/α-hetero) is 1. The number of carbonyl (C=O) groups is 2. The Labute approximate surface area is 111 Å². The van der Waals surface area contributed by atoms with Crippen LogP contribution in [0.4, 0.5) is 5.82 Å². The number of hydrogen-bond donors (Lipinski definition) is 0. The Morgan fingerprint density at radius 3 is 2.63 bits per heavy atom. The Hall–Kier alpha value is -1.65. The number of carbonyl (C=O) groups excluding carboxylic acids is 2. The van der Waals surface area contributed by atoms with E-state index in [0.29, 0.717) is 24.4 Å². The lowest BCUT2D eigenvalue weighted by atomic mass is 9.63. The molecule has 2 heterocycles. The van der Waals surface area contributed by atoms with E-state index in [0.717, 1.165) is 25.2 Å². The van der Waals surface area contributed by atoms with Gasteiger partial charge in [0.15, 0.2) is 5.82 Å². The van der Waals surface area contributed by atoms with Gasteiger partial charge in [-0.05, 0) is 5.92 Å². The summed E-state index contributed by atoms with van der Waals surface area (Å²) in [6.07, 6.45) is 2.32. The zero-order valence-corrected chi connectivity index (χ0v) is 11.3. The number of anilines is 1. The van der Waals surface area contributed by atoms with Gasteiger partial charge in [-0.15, -0.1) is 0 Å². The Morgan fingerprint density at radius 1 is 1.42 bits per heavy atom. The molecule has 1 spiro atoms. The number of nitrogens with zero attached hydrogens (tertiary/aromatic N) is 2. The van der Waals surface area contributed by atoms with Crippen LogP contribution in [0.1, 0.15) is 38.4 Å². The maximum atomic E-state index is 11.1. The van der Waals surface area contributed by atoms with Crippen LogP contribution in [0.3, 0.4) is 0 Å². The first kappa shape index (κ1) is 12.4. The summed E-state index contributed by atoms with van der Waals surface area (Å²) in [5.41, 5.74) is 0.207. The van der Waals surface area contributed by atoms with Crippen molar-refractivity contribution in [2.45, 2.75) is 32.6 Å². The molecule has 0 bridgehead atoms. The van der Waals surface area contributed by atoms with Crippen molar-refractivity contribution in [3.8, 4) is 0 Å². The highest BCUT2D eigenvalue weighted by Crippen LogP contribution is 2.47. The van der Waals surface area contributed by atoms with E-state index in [1.807, 2.05) is 19.9 Å². The molecule has 5 nitrogen and oxygen atoms in total. The molecular weight excluding hydrogens is 244 g/mol. The number of aldehydes is 1. The molecule has 0 N–H and O–H groups in total. The molecule has 1 aliphatic heterocycles. The van der Waals surface area contributed by atoms with Gasteiger partial charge in [0.2, 0.25) is 0 Å². The molecule has 1 saturated heterocycles. The van der Waals surface area contributed by atoms with E-state index in [1.54, 1.807) is 0 Å². The molecule has 2 fully saturated rings. The van der Waals surface area contributed by atoms with E-state index in [-0.39, 0.29) is 17.3 Å². The smallest absolute Gasteiger partial charge is 0.172 e. The van der Waals surface area contributed by atoms with Crippen molar-refractivity contribution in [1.82, 2.24) is 5.16 Å². The number of ketones is 1. The van der Waals surface area contributed by atoms with Gasteiger partial charge in [0.25, 0.3) is 0 Å². The van der Waals surface area contributed by atoms with Gasteiger partial charge >= 0.3 is 0 Å². The average Bonchev–Trinajstić information content (AvgIpc) is 2.70. The third-order valence-corrected chi connectivity index (χ3v) is 4.23. The van der Waals surface area contributed by atoms with Gasteiger partial charge in [0.1, 0.15) is 17.8 Å². The molecule has 1 saturated carbocycles. The molecule has 19 heavy (non-hydrogen) atoms. The summed E-state index contributed by atoms with van der Waals surface area (Å²) in [4.78, 5) is 24.2. The van der Waals surface area contributed by atoms with Crippen LogP contribution < -0.4 is 4.90 Å². The van der Waals surface area contributed by atoms with Crippen LogP contribution in [0.2, 0.25) is 0 Å². The normalized spacial score (nSPS) is 22.3. The van der Waals surface area contributed by atoms with E-state index < -0.39 is 0 Å². The molecule has 3 rings (SSSR count). The standard InChI is InChI=1S/C14H18N2O3/c1-9(2)11(6-17)12-3-13(15-19-12)16-7-14(8-16)4-10(18)5-14/h3,6,9,11H,4-5,7-8H2,1-2H3. The van der Waals surface area contributed by atoms with Crippen LogP contribution in [-0.4, -0.2) is 30.3 Å². The van der Waals surface area contributed by atoms with Crippen LogP contribution in [0.15, 0.2) is 10.6 Å². The fourth-order valence-electron chi connectivity index (χ4n) is 3.07. The largest absolute Gasteiger partial charge is 0.358 e. The molecule has 0 radical (unpaired) electrons. The Bertz CT molecular complexity index is 505. The average molecular weight is 262 g/mol. The van der Waals surface area contributed by atoms with Gasteiger partial charge in [-0.25, -0.2) is 0 Å². The third-order valence-electron chi connectivity index (χ3n) is 4.23. The minimum Gasteiger partial charge on any atom is -0.358 e. The minimum atomic E-state index is -0.234. The van der Waals surface area contributed by atoms with E-state index in [1.165, 1.54) is 0 Å². The Morgan fingerprint density at radius 2 is 2.11 bits per heavy atom. The molecule has 102 valence electrons. The number of rotatable bonds is 4. The van der Waals surface area contributed by atoms with Crippen molar-refractivity contribution in [3.05, 3.63) is 11.8 Å². The second-order valence-corrected chi connectivity index (χ2v) is 6.24. The second kappa shape index (κ2) is 4.18. The lowest BCUT2D eigenvalue weighted by Gasteiger charge is -2.54. The molecule has 1 aromatic heterocycles. The summed E-state index contributed by atoms with van der Waals surface area (Å²) in [6.45, 7) is 5.72. The van der Waals surface area contributed by atoms with Gasteiger partial charge in [-0.3, -0.25) is 4.79 Å². The van der Waals surface area contributed by atoms with Crippen molar-refractivity contribution in [3.63, 3.8) is 0 Å². The van der Waals surface area contributed by atoms with Gasteiger partial charge in [0.05, 0.1) is 5.92 Å². The van der Waals surface area contributed by atoms with Gasteiger partial charge in [-0.2, -0.15) is 0 Å². The quantitative estimate of drug-likeness (QED) is 0.774. The van der Waals surface area contributed by atoms with E-state index >= 15 is 0 Å². The summed E-state index contributed by atoms with van der Waals surface area (Å²) in [7, 11) is 0. The molecule has 1 atom stereocenters. The fourth-order valence-corrected chi connectivity index (χ4v) is 3.07. The maximum Gasteiger partial charge on any atom is 0.172 e. The maximum absolute atomic E-state index is 11.1. The number of aromatic nitrogens is 1. The Balaban J connectivity index is 1.66. The van der Waals surface area contributed by atoms with Crippen molar-refractivity contribution in [1.29, 1.82) is 0 Å². The zero-order valence-electron chi connectivity index (χ0n) is 11.3. The molecule has 1 unspecified atom stereocenters. The second-order valence-electron chi connectivity index (χ2n) is 6.24. The summed E-state index contributed by atoms with van der Waals surface area (Å²) < 4.78 is 5.29. The van der Waals surface area contributed by atoms with E-state index in [2.05, 4.69) is 10.1 Å². The van der Waals surface area contributed by atoms with Crippen LogP contribution in [0, 0.1) is 11.3 Å². The van der Waals surface area contributed by atoms with Gasteiger partial charge in [-0.1, -0.05) is 19.0 Å². The summed E-state index contributed by atoms with van der Waals surface area (Å²) in [6, 6.07) is 1.85. The topological polar surface area (TPSA) is 63.4 Å². The summed E-state index contributed by atoms with van der Waals surface area (Å²) in [5.74, 6) is 1.74. The monoisotopic (exact) mass is 262 g/mol. The highest BCUT2D eigenvalue weighted by atomic mass is 16.5. The van der Waals surface area contributed by atoms with E-state index in [4.69, 9.17) is 4.52 Å². The molecule has 1 aromatic rings. The van der Waals surface area contributed by atoms with Gasteiger partial charge < -0.3 is 14.2 Å². The highest BCUT2D eigenvalue weighted by Gasteiger charge is 2.52. The van der Waals surface area contributed by atoms with Gasteiger partial charge in [0, 0.05) is 37.4 Å². The zero-order chi connectivity index (χ0) is 13.6.